The Balaban J connectivity index is 1.62. The van der Waals surface area contributed by atoms with E-state index >= 15 is 0 Å². The molecular weight excluding hydrogens is 406 g/mol. The summed E-state index contributed by atoms with van der Waals surface area (Å²) in [7, 11) is 0. The lowest BCUT2D eigenvalue weighted by Gasteiger charge is -2.11. The first-order valence-electron chi connectivity index (χ1n) is 10.4. The minimum atomic E-state index is -0.919. The molecule has 0 bridgehead atoms. The molecule has 0 saturated carbocycles. The highest BCUT2D eigenvalue weighted by Gasteiger charge is 2.20. The third kappa shape index (κ3) is 4.75. The number of carboxylic acid groups (broad SMARTS) is 1. The molecule has 0 atom stereocenters. The highest BCUT2D eigenvalue weighted by Crippen LogP contribution is 2.34. The maximum Gasteiger partial charge on any atom is 0.346 e. The summed E-state index contributed by atoms with van der Waals surface area (Å²) in [6.45, 7) is 4.66. The van der Waals surface area contributed by atoms with Crippen LogP contribution in [0.4, 0.5) is 5.82 Å². The molecule has 5 nitrogen and oxygen atoms in total. The highest BCUT2D eigenvalue weighted by atomic mass is 32.1. The predicted molar refractivity (Wildman–Crippen MR) is 126 cm³/mol. The molecular formula is C25H25N3O2S. The van der Waals surface area contributed by atoms with E-state index in [1.807, 2.05) is 31.2 Å². The maximum atomic E-state index is 11.7. The molecule has 4 rings (SSSR count). The van der Waals surface area contributed by atoms with Crippen LogP contribution in [0.3, 0.4) is 0 Å². The van der Waals surface area contributed by atoms with Gasteiger partial charge in [0.2, 0.25) is 0 Å². The van der Waals surface area contributed by atoms with Crippen molar-refractivity contribution in [2.75, 3.05) is 11.9 Å². The molecule has 2 aromatic heterocycles. The van der Waals surface area contributed by atoms with Gasteiger partial charge in [-0.15, -0.1) is 11.3 Å². The molecule has 0 aliphatic rings. The van der Waals surface area contributed by atoms with Crippen molar-refractivity contribution in [2.45, 2.75) is 33.1 Å². The van der Waals surface area contributed by atoms with Gasteiger partial charge in [-0.25, -0.2) is 14.8 Å². The standard InChI is InChI=1S/C25H25N3O2S/c1-16-8-6-7-11-19(16)14-15-26-23-21-17(2)22(25(29)30)31-24(21)28-20(27-23)13-12-18-9-4-3-5-10-18/h3-11H,12-15H2,1-2H3,(H,29,30)(H,26,27,28). The number of nitrogens with one attached hydrogen (secondary N) is 1. The number of hydrogen-bond donors (Lipinski definition) is 2. The number of aryl methyl sites for hydroxylation is 4. The summed E-state index contributed by atoms with van der Waals surface area (Å²) in [6.07, 6.45) is 2.41. The number of anilines is 1. The van der Waals surface area contributed by atoms with Crippen molar-refractivity contribution in [3.8, 4) is 0 Å². The Morgan fingerprint density at radius 1 is 0.968 bits per heavy atom. The van der Waals surface area contributed by atoms with Crippen LogP contribution in [0.1, 0.15) is 37.7 Å². The number of aromatic carboxylic acids is 1. The van der Waals surface area contributed by atoms with Crippen LogP contribution in [0.25, 0.3) is 10.2 Å². The first kappa shape index (κ1) is 21.0. The van der Waals surface area contributed by atoms with Crippen LogP contribution in [-0.4, -0.2) is 27.6 Å². The Kier molecular flexibility index (Phi) is 6.28. The normalized spacial score (nSPS) is 11.0. The smallest absolute Gasteiger partial charge is 0.346 e. The second kappa shape index (κ2) is 9.27. The molecule has 6 heteroatoms. The van der Waals surface area contributed by atoms with Crippen LogP contribution in [0.2, 0.25) is 0 Å². The largest absolute Gasteiger partial charge is 0.477 e. The summed E-state index contributed by atoms with van der Waals surface area (Å²) in [5.74, 6) is 0.535. The van der Waals surface area contributed by atoms with Crippen molar-refractivity contribution in [2.24, 2.45) is 0 Å². The lowest BCUT2D eigenvalue weighted by Crippen LogP contribution is -2.10. The Hall–Kier alpha value is -3.25. The minimum Gasteiger partial charge on any atom is -0.477 e. The SMILES string of the molecule is Cc1ccccc1CCNc1nc(CCc2ccccc2)nc2sc(C(=O)O)c(C)c12. The number of thiophene rings is 1. The Morgan fingerprint density at radius 2 is 1.71 bits per heavy atom. The van der Waals surface area contributed by atoms with E-state index in [-0.39, 0.29) is 0 Å². The van der Waals surface area contributed by atoms with E-state index in [1.165, 1.54) is 28.0 Å². The second-order valence-electron chi connectivity index (χ2n) is 7.62. The van der Waals surface area contributed by atoms with Crippen LogP contribution in [0.5, 0.6) is 0 Å². The number of carbonyl (C=O) groups is 1. The summed E-state index contributed by atoms with van der Waals surface area (Å²) in [4.78, 5) is 22.2. The van der Waals surface area contributed by atoms with Crippen molar-refractivity contribution >= 4 is 33.3 Å². The lowest BCUT2D eigenvalue weighted by atomic mass is 10.1. The number of benzene rings is 2. The molecule has 0 aliphatic carbocycles. The zero-order chi connectivity index (χ0) is 21.8. The Morgan fingerprint density at radius 3 is 2.45 bits per heavy atom. The molecule has 2 N–H and O–H groups in total. The number of nitrogens with zero attached hydrogens (tertiary/aromatic N) is 2. The zero-order valence-electron chi connectivity index (χ0n) is 17.7. The molecule has 4 aromatic rings. The number of aromatic nitrogens is 2. The second-order valence-corrected chi connectivity index (χ2v) is 8.62. The molecule has 0 radical (unpaired) electrons. The maximum absolute atomic E-state index is 11.7. The van der Waals surface area contributed by atoms with Crippen LogP contribution < -0.4 is 5.32 Å². The number of carboxylic acids is 1. The molecule has 0 amide bonds. The van der Waals surface area contributed by atoms with Gasteiger partial charge in [-0.1, -0.05) is 54.6 Å². The predicted octanol–water partition coefficient (Wildman–Crippen LogP) is 5.45. The van der Waals surface area contributed by atoms with Crippen molar-refractivity contribution in [3.63, 3.8) is 0 Å². The molecule has 0 unspecified atom stereocenters. The van der Waals surface area contributed by atoms with Crippen molar-refractivity contribution in [1.82, 2.24) is 9.97 Å². The van der Waals surface area contributed by atoms with Gasteiger partial charge in [-0.3, -0.25) is 0 Å². The molecule has 2 heterocycles. The van der Waals surface area contributed by atoms with Gasteiger partial charge < -0.3 is 10.4 Å². The van der Waals surface area contributed by atoms with Crippen LogP contribution in [-0.2, 0) is 19.3 Å². The first-order valence-corrected chi connectivity index (χ1v) is 11.2. The first-order chi connectivity index (χ1) is 15.0. The van der Waals surface area contributed by atoms with Crippen molar-refractivity contribution < 1.29 is 9.90 Å². The van der Waals surface area contributed by atoms with Crippen LogP contribution in [0.15, 0.2) is 54.6 Å². The zero-order valence-corrected chi connectivity index (χ0v) is 18.5. The van der Waals surface area contributed by atoms with E-state index in [0.717, 1.165) is 40.3 Å². The summed E-state index contributed by atoms with van der Waals surface area (Å²) >= 11 is 1.22. The van der Waals surface area contributed by atoms with E-state index in [0.29, 0.717) is 17.8 Å². The number of hydrogen-bond acceptors (Lipinski definition) is 5. The fourth-order valence-electron chi connectivity index (χ4n) is 3.73. The summed E-state index contributed by atoms with van der Waals surface area (Å²) in [5.41, 5.74) is 4.51. The molecule has 0 saturated heterocycles. The molecule has 31 heavy (non-hydrogen) atoms. The third-order valence-corrected chi connectivity index (χ3v) is 6.63. The number of fused-ring (bicyclic) bond motifs is 1. The fourth-order valence-corrected chi connectivity index (χ4v) is 4.77. The quantitative estimate of drug-likeness (QED) is 0.388. The monoisotopic (exact) mass is 431 g/mol. The van der Waals surface area contributed by atoms with Gasteiger partial charge in [0, 0.05) is 13.0 Å². The summed E-state index contributed by atoms with van der Waals surface area (Å²) < 4.78 is 0. The fraction of sp³-hybridized carbons (Fsp3) is 0.240. The summed E-state index contributed by atoms with van der Waals surface area (Å²) in [5, 5.41) is 13.8. The van der Waals surface area contributed by atoms with Crippen molar-refractivity contribution in [3.05, 3.63) is 87.6 Å². The topological polar surface area (TPSA) is 75.1 Å². The van der Waals surface area contributed by atoms with Crippen LogP contribution >= 0.6 is 11.3 Å². The Bertz CT molecular complexity index is 1220. The van der Waals surface area contributed by atoms with Gasteiger partial charge in [0.15, 0.2) is 0 Å². The van der Waals surface area contributed by atoms with Gasteiger partial charge >= 0.3 is 5.97 Å². The molecule has 2 aromatic carbocycles. The molecule has 0 spiro atoms. The highest BCUT2D eigenvalue weighted by molar-refractivity contribution is 7.20. The summed E-state index contributed by atoms with van der Waals surface area (Å²) in [6, 6.07) is 18.6. The minimum absolute atomic E-state index is 0.325. The van der Waals surface area contributed by atoms with E-state index in [4.69, 9.17) is 9.97 Å². The lowest BCUT2D eigenvalue weighted by molar-refractivity contribution is 0.0701. The molecule has 158 valence electrons. The van der Waals surface area contributed by atoms with Gasteiger partial charge in [0.05, 0.1) is 5.39 Å². The molecule has 0 aliphatic heterocycles. The van der Waals surface area contributed by atoms with Gasteiger partial charge in [0.1, 0.15) is 21.3 Å². The van der Waals surface area contributed by atoms with Gasteiger partial charge in [-0.05, 0) is 48.9 Å². The van der Waals surface area contributed by atoms with E-state index in [9.17, 15) is 9.90 Å². The van der Waals surface area contributed by atoms with E-state index in [1.54, 1.807) is 0 Å². The van der Waals surface area contributed by atoms with Gasteiger partial charge in [-0.2, -0.15) is 0 Å². The number of rotatable bonds is 8. The van der Waals surface area contributed by atoms with E-state index in [2.05, 4.69) is 42.6 Å². The van der Waals surface area contributed by atoms with Crippen molar-refractivity contribution in [1.29, 1.82) is 0 Å². The third-order valence-electron chi connectivity index (χ3n) is 5.46. The van der Waals surface area contributed by atoms with Crippen LogP contribution in [0, 0.1) is 13.8 Å². The average molecular weight is 432 g/mol. The average Bonchev–Trinajstić information content (AvgIpc) is 3.11. The van der Waals surface area contributed by atoms with Gasteiger partial charge in [0.25, 0.3) is 0 Å². The molecule has 0 fully saturated rings. The van der Waals surface area contributed by atoms with E-state index < -0.39 is 5.97 Å². The Labute approximate surface area is 185 Å².